The number of aryl methyl sites for hydroxylation is 1. The minimum Gasteiger partial charge on any atom is -1.00 e. The van der Waals surface area contributed by atoms with Gasteiger partial charge < -0.3 is 21.5 Å². The highest BCUT2D eigenvalue weighted by Crippen LogP contribution is 2.19. The molecule has 0 fully saturated rings. The predicted molar refractivity (Wildman–Crippen MR) is 108 cm³/mol. The Balaban J connectivity index is 0.00000280. The van der Waals surface area contributed by atoms with Crippen LogP contribution in [0.25, 0.3) is 11.3 Å². The number of hydrogen-bond acceptors (Lipinski definition) is 4. The molecule has 6 heteroatoms. The monoisotopic (exact) mass is 462 g/mol. The van der Waals surface area contributed by atoms with Crippen LogP contribution in [-0.2, 0) is 13.0 Å². The van der Waals surface area contributed by atoms with Crippen LogP contribution in [-0.4, -0.2) is 10.9 Å². The summed E-state index contributed by atoms with van der Waals surface area (Å²) in [7, 11) is 0. The summed E-state index contributed by atoms with van der Waals surface area (Å²) in [4.78, 5) is 12.6. The molecule has 2 heterocycles. The molecule has 0 aliphatic carbocycles. The second kappa shape index (κ2) is 11.9. The van der Waals surface area contributed by atoms with E-state index in [-0.39, 0.29) is 22.8 Å². The number of aromatic nitrogens is 2. The average Bonchev–Trinajstić information content (AvgIpc) is 3.35. The lowest BCUT2D eigenvalue weighted by Crippen LogP contribution is -3.00. The van der Waals surface area contributed by atoms with Crippen LogP contribution >= 0.6 is 11.3 Å². The van der Waals surface area contributed by atoms with E-state index in [4.69, 9.17) is 4.52 Å². The largest absolute Gasteiger partial charge is 1.00 e. The molecular weight excluding hydrogens is 436 g/mol. The van der Waals surface area contributed by atoms with Crippen molar-refractivity contribution in [3.05, 3.63) is 58.7 Å². The second-order valence-corrected chi connectivity index (χ2v) is 7.58. The predicted octanol–water partition coefficient (Wildman–Crippen LogP) is 2.48. The van der Waals surface area contributed by atoms with Gasteiger partial charge in [0.25, 0.3) is 5.78 Å². The summed E-state index contributed by atoms with van der Waals surface area (Å²) in [6.45, 7) is 2.54. The van der Waals surface area contributed by atoms with Gasteiger partial charge in [-0.15, -0.1) is 0 Å². The van der Waals surface area contributed by atoms with Gasteiger partial charge >= 0.3 is 0 Å². The van der Waals surface area contributed by atoms with Gasteiger partial charge in [-0.2, -0.15) is 4.57 Å². The first-order chi connectivity index (χ1) is 13.3. The SMILES string of the molecule is CCCCCCCCc1csc[n+]1CC(=O)c1cc(-c2ccccc2)no1.[Br-]. The Kier molecular flexibility index (Phi) is 9.58. The zero-order chi connectivity index (χ0) is 18.9. The number of Topliss-reactive ketones (excluding diaryl/α,β-unsaturated/α-hetero) is 1. The Hall–Kier alpha value is -1.79. The molecule has 4 nitrogen and oxygen atoms in total. The molecule has 0 spiro atoms. The van der Waals surface area contributed by atoms with Crippen molar-refractivity contribution in [2.75, 3.05) is 0 Å². The van der Waals surface area contributed by atoms with Gasteiger partial charge in [-0.05, 0) is 6.42 Å². The maximum absolute atomic E-state index is 12.6. The third kappa shape index (κ3) is 6.38. The van der Waals surface area contributed by atoms with E-state index in [9.17, 15) is 4.79 Å². The molecule has 0 aliphatic heterocycles. The fourth-order valence-electron chi connectivity index (χ4n) is 3.13. The number of unbranched alkanes of at least 4 members (excludes halogenated alkanes) is 5. The molecule has 0 aliphatic rings. The van der Waals surface area contributed by atoms with E-state index >= 15 is 0 Å². The summed E-state index contributed by atoms with van der Waals surface area (Å²) in [5.74, 6) is 0.273. The third-order valence-electron chi connectivity index (χ3n) is 4.72. The summed E-state index contributed by atoms with van der Waals surface area (Å²) in [6.07, 6.45) is 8.69. The van der Waals surface area contributed by atoms with Crippen molar-refractivity contribution in [1.82, 2.24) is 5.16 Å². The molecule has 0 amide bonds. The number of carbonyl (C=O) groups is 1. The van der Waals surface area contributed by atoms with Gasteiger partial charge in [0, 0.05) is 18.1 Å². The van der Waals surface area contributed by atoms with Gasteiger partial charge in [-0.1, -0.05) is 85.9 Å². The molecule has 3 aromatic rings. The number of rotatable bonds is 11. The molecule has 2 aromatic heterocycles. The Morgan fingerprint density at radius 1 is 1.11 bits per heavy atom. The number of ketones is 1. The fraction of sp³-hybridized carbons (Fsp3) is 0.409. The van der Waals surface area contributed by atoms with Crippen LogP contribution < -0.4 is 21.5 Å². The van der Waals surface area contributed by atoms with E-state index < -0.39 is 0 Å². The van der Waals surface area contributed by atoms with Gasteiger partial charge in [0.05, 0.1) is 5.38 Å². The van der Waals surface area contributed by atoms with Crippen LogP contribution in [0.4, 0.5) is 0 Å². The Bertz CT molecular complexity index is 845. The fourth-order valence-corrected chi connectivity index (χ4v) is 3.96. The molecule has 0 bridgehead atoms. The normalized spacial score (nSPS) is 10.6. The van der Waals surface area contributed by atoms with Crippen LogP contribution in [0, 0.1) is 0 Å². The standard InChI is InChI=1S/C22H27N2O2S.BrH/c1-2-3-4-5-6-10-13-19-16-27-17-24(19)15-21(25)22-14-20(23-26-22)18-11-8-7-9-12-18;/h7-9,11-12,14,16-17H,2-6,10,13,15H2,1H3;1H/q+1;/p-1. The minimum atomic E-state index is -0.0442. The Morgan fingerprint density at radius 3 is 2.64 bits per heavy atom. The number of hydrogen-bond donors (Lipinski definition) is 0. The zero-order valence-electron chi connectivity index (χ0n) is 16.3. The molecule has 150 valence electrons. The van der Waals surface area contributed by atoms with Gasteiger partial charge in [-0.25, -0.2) is 0 Å². The van der Waals surface area contributed by atoms with Crippen LogP contribution in [0.2, 0.25) is 0 Å². The lowest BCUT2D eigenvalue weighted by molar-refractivity contribution is -0.685. The van der Waals surface area contributed by atoms with Crippen LogP contribution in [0.1, 0.15) is 61.7 Å². The van der Waals surface area contributed by atoms with Crippen LogP contribution in [0.5, 0.6) is 0 Å². The molecule has 0 N–H and O–H groups in total. The average molecular weight is 463 g/mol. The first-order valence-electron chi connectivity index (χ1n) is 9.77. The minimum absolute atomic E-state index is 0. The highest BCUT2D eigenvalue weighted by Gasteiger charge is 2.21. The molecule has 3 rings (SSSR count). The van der Waals surface area contributed by atoms with Crippen molar-refractivity contribution in [3.8, 4) is 11.3 Å². The van der Waals surface area contributed by atoms with Gasteiger partial charge in [-0.3, -0.25) is 4.79 Å². The van der Waals surface area contributed by atoms with Crippen molar-refractivity contribution < 1.29 is 30.9 Å². The van der Waals surface area contributed by atoms with Crippen molar-refractivity contribution in [1.29, 1.82) is 0 Å². The Labute approximate surface area is 181 Å². The summed E-state index contributed by atoms with van der Waals surface area (Å²) >= 11 is 1.64. The van der Waals surface area contributed by atoms with Crippen molar-refractivity contribution >= 4 is 17.1 Å². The molecular formula is C22H27BrN2O2S. The van der Waals surface area contributed by atoms with Crippen LogP contribution in [0.15, 0.2) is 51.8 Å². The highest BCUT2D eigenvalue weighted by molar-refractivity contribution is 7.07. The Morgan fingerprint density at radius 2 is 1.86 bits per heavy atom. The number of benzene rings is 1. The number of thiazole rings is 1. The molecule has 0 saturated carbocycles. The third-order valence-corrected chi connectivity index (χ3v) is 5.50. The summed E-state index contributed by atoms with van der Waals surface area (Å²) in [5, 5.41) is 6.19. The van der Waals surface area contributed by atoms with E-state index in [0.717, 1.165) is 12.0 Å². The van der Waals surface area contributed by atoms with E-state index in [2.05, 4.69) is 17.5 Å². The zero-order valence-corrected chi connectivity index (χ0v) is 18.7. The molecule has 0 unspecified atom stereocenters. The number of carbonyl (C=O) groups excluding carboxylic acids is 1. The van der Waals surface area contributed by atoms with Gasteiger partial charge in [0.15, 0.2) is 5.69 Å². The lowest BCUT2D eigenvalue weighted by atomic mass is 10.1. The molecule has 0 radical (unpaired) electrons. The number of halogens is 1. The summed E-state index contributed by atoms with van der Waals surface area (Å²) in [5.41, 5.74) is 4.89. The van der Waals surface area contributed by atoms with Gasteiger partial charge in [0.1, 0.15) is 5.69 Å². The lowest BCUT2D eigenvalue weighted by Gasteiger charge is -1.99. The maximum atomic E-state index is 12.6. The molecule has 28 heavy (non-hydrogen) atoms. The molecule has 0 saturated heterocycles. The maximum Gasteiger partial charge on any atom is 0.265 e. The summed E-state index contributed by atoms with van der Waals surface area (Å²) < 4.78 is 7.34. The molecule has 1 aromatic carbocycles. The van der Waals surface area contributed by atoms with E-state index in [0.29, 0.717) is 18.0 Å². The van der Waals surface area contributed by atoms with Crippen LogP contribution in [0.3, 0.4) is 0 Å². The van der Waals surface area contributed by atoms with E-state index in [1.54, 1.807) is 17.4 Å². The van der Waals surface area contributed by atoms with Crippen molar-refractivity contribution in [3.63, 3.8) is 0 Å². The first kappa shape index (κ1) is 22.5. The smallest absolute Gasteiger partial charge is 0.265 e. The van der Waals surface area contributed by atoms with Crippen molar-refractivity contribution in [2.24, 2.45) is 0 Å². The quantitative estimate of drug-likeness (QED) is 0.250. The first-order valence-corrected chi connectivity index (χ1v) is 10.7. The second-order valence-electron chi connectivity index (χ2n) is 6.86. The number of nitrogens with zero attached hydrogens (tertiary/aromatic N) is 2. The van der Waals surface area contributed by atoms with Crippen molar-refractivity contribution in [2.45, 2.75) is 58.4 Å². The van der Waals surface area contributed by atoms with E-state index in [1.165, 1.54) is 44.2 Å². The summed E-state index contributed by atoms with van der Waals surface area (Å²) in [6, 6.07) is 11.5. The van der Waals surface area contributed by atoms with E-state index in [1.807, 2.05) is 40.4 Å². The topological polar surface area (TPSA) is 47.0 Å². The highest BCUT2D eigenvalue weighted by atomic mass is 79.9. The molecule has 0 atom stereocenters. The van der Waals surface area contributed by atoms with Gasteiger partial charge in [0.2, 0.25) is 17.8 Å².